The molecule has 0 spiro atoms. The van der Waals surface area contributed by atoms with E-state index >= 15 is 0 Å². The van der Waals surface area contributed by atoms with Crippen LogP contribution < -0.4 is 10.6 Å². The zero-order valence-electron chi connectivity index (χ0n) is 17.4. The number of anilines is 3. The molecule has 1 amide bonds. The number of benzene rings is 1. The smallest absolute Gasteiger partial charge is 0.247 e. The molecule has 0 unspecified atom stereocenters. The molecule has 1 aromatic carbocycles. The van der Waals surface area contributed by atoms with Gasteiger partial charge >= 0.3 is 0 Å². The van der Waals surface area contributed by atoms with Crippen LogP contribution in [-0.4, -0.2) is 30.2 Å². The summed E-state index contributed by atoms with van der Waals surface area (Å²) in [5.41, 5.74) is 4.77. The lowest BCUT2D eigenvalue weighted by atomic mass is 10.1. The van der Waals surface area contributed by atoms with Crippen LogP contribution in [0.2, 0.25) is 0 Å². The van der Waals surface area contributed by atoms with Crippen molar-refractivity contribution >= 4 is 34.3 Å². The van der Waals surface area contributed by atoms with E-state index in [0.29, 0.717) is 11.8 Å². The van der Waals surface area contributed by atoms with Gasteiger partial charge in [-0.2, -0.15) is 10.1 Å². The van der Waals surface area contributed by atoms with E-state index in [-0.39, 0.29) is 5.91 Å². The summed E-state index contributed by atoms with van der Waals surface area (Å²) in [5, 5.41) is 11.4. The number of amides is 1. The average molecular weight is 401 g/mol. The van der Waals surface area contributed by atoms with Crippen LogP contribution in [0.5, 0.6) is 0 Å². The van der Waals surface area contributed by atoms with E-state index in [1.807, 2.05) is 62.8 Å². The number of aromatic nitrogens is 5. The van der Waals surface area contributed by atoms with Crippen molar-refractivity contribution in [1.29, 1.82) is 0 Å². The molecule has 0 saturated carbocycles. The Hall–Kier alpha value is -3.94. The number of rotatable bonds is 5. The highest BCUT2D eigenvalue weighted by Gasteiger charge is 2.13. The highest BCUT2D eigenvalue weighted by atomic mass is 16.1. The first kappa shape index (κ1) is 19.4. The highest BCUT2D eigenvalue weighted by Crippen LogP contribution is 2.28. The second-order valence-corrected chi connectivity index (χ2v) is 7.23. The van der Waals surface area contributed by atoms with Crippen molar-refractivity contribution in [2.45, 2.75) is 20.8 Å². The van der Waals surface area contributed by atoms with E-state index in [2.05, 4.69) is 27.3 Å². The molecule has 0 radical (unpaired) electrons. The Morgan fingerprint density at radius 1 is 1.17 bits per heavy atom. The van der Waals surface area contributed by atoms with Gasteiger partial charge in [0.1, 0.15) is 5.82 Å². The van der Waals surface area contributed by atoms with Crippen molar-refractivity contribution < 1.29 is 4.79 Å². The van der Waals surface area contributed by atoms with Gasteiger partial charge in [0.15, 0.2) is 5.82 Å². The molecule has 0 fully saturated rings. The van der Waals surface area contributed by atoms with Gasteiger partial charge in [0.25, 0.3) is 0 Å². The Balaban J connectivity index is 1.74. The van der Waals surface area contributed by atoms with E-state index in [0.717, 1.165) is 39.2 Å². The van der Waals surface area contributed by atoms with E-state index in [9.17, 15) is 4.79 Å². The van der Waals surface area contributed by atoms with Crippen LogP contribution in [0.25, 0.3) is 16.7 Å². The summed E-state index contributed by atoms with van der Waals surface area (Å²) in [6.45, 7) is 9.49. The van der Waals surface area contributed by atoms with Crippen LogP contribution in [0.15, 0.2) is 49.3 Å². The first-order valence-corrected chi connectivity index (χ1v) is 9.52. The minimum absolute atomic E-state index is 0.237. The molecule has 0 aliphatic rings. The van der Waals surface area contributed by atoms with E-state index < -0.39 is 0 Å². The summed E-state index contributed by atoms with van der Waals surface area (Å²) in [4.78, 5) is 20.8. The molecule has 0 aliphatic heterocycles. The standard InChI is InChI=1S/C22H23N7O/c1-6-20(30)24-16-7-8-18-17(10-16)14(3)12-29(18)21-13(2)11-23-22(26-21)25-19-9-15(4)28(5)27-19/h6-12H,1H2,2-5H3,(H,24,30)(H,23,25,26,27). The predicted octanol–water partition coefficient (Wildman–Crippen LogP) is 3.95. The fraction of sp³-hybridized carbons (Fsp3) is 0.182. The lowest BCUT2D eigenvalue weighted by Gasteiger charge is -2.10. The Morgan fingerprint density at radius 3 is 2.67 bits per heavy atom. The number of nitrogens with zero attached hydrogens (tertiary/aromatic N) is 5. The molecule has 30 heavy (non-hydrogen) atoms. The molecule has 0 atom stereocenters. The van der Waals surface area contributed by atoms with Crippen molar-refractivity contribution in [2.75, 3.05) is 10.6 Å². The number of fused-ring (bicyclic) bond motifs is 1. The van der Waals surface area contributed by atoms with Crippen molar-refractivity contribution in [3.63, 3.8) is 0 Å². The SMILES string of the molecule is C=CC(=O)Nc1ccc2c(c1)c(C)cn2-c1nc(Nc2cc(C)n(C)n2)ncc1C. The zero-order valence-corrected chi connectivity index (χ0v) is 17.4. The normalized spacial score (nSPS) is 10.9. The monoisotopic (exact) mass is 401 g/mol. The number of hydrogen-bond donors (Lipinski definition) is 2. The summed E-state index contributed by atoms with van der Waals surface area (Å²) >= 11 is 0. The maximum Gasteiger partial charge on any atom is 0.247 e. The molecular formula is C22H23N7O. The van der Waals surface area contributed by atoms with Crippen LogP contribution in [0.1, 0.15) is 16.8 Å². The van der Waals surface area contributed by atoms with Gasteiger partial charge in [0, 0.05) is 47.8 Å². The number of carbonyl (C=O) groups excluding carboxylic acids is 1. The fourth-order valence-electron chi connectivity index (χ4n) is 3.31. The first-order valence-electron chi connectivity index (χ1n) is 9.52. The molecule has 8 nitrogen and oxygen atoms in total. The number of nitrogens with one attached hydrogen (secondary N) is 2. The van der Waals surface area contributed by atoms with Crippen LogP contribution in [-0.2, 0) is 11.8 Å². The molecule has 4 rings (SSSR count). The maximum absolute atomic E-state index is 11.6. The maximum atomic E-state index is 11.6. The van der Waals surface area contributed by atoms with E-state index in [4.69, 9.17) is 4.98 Å². The first-order chi connectivity index (χ1) is 14.4. The van der Waals surface area contributed by atoms with Crippen LogP contribution >= 0.6 is 0 Å². The third kappa shape index (κ3) is 3.55. The van der Waals surface area contributed by atoms with Crippen molar-refractivity contribution in [1.82, 2.24) is 24.3 Å². The lowest BCUT2D eigenvalue weighted by Crippen LogP contribution is -2.07. The van der Waals surface area contributed by atoms with E-state index in [1.165, 1.54) is 6.08 Å². The average Bonchev–Trinajstić information content (AvgIpc) is 3.21. The summed E-state index contributed by atoms with van der Waals surface area (Å²) in [6.07, 6.45) is 5.08. The van der Waals surface area contributed by atoms with Gasteiger partial charge in [-0.3, -0.25) is 9.48 Å². The number of hydrogen-bond acceptors (Lipinski definition) is 5. The Bertz CT molecular complexity index is 1260. The Morgan fingerprint density at radius 2 is 1.97 bits per heavy atom. The molecule has 0 saturated heterocycles. The summed E-state index contributed by atoms with van der Waals surface area (Å²) in [6, 6.07) is 7.73. The van der Waals surface area contributed by atoms with Crippen LogP contribution in [0.4, 0.5) is 17.5 Å². The Kier molecular flexibility index (Phi) is 4.83. The largest absolute Gasteiger partial charge is 0.323 e. The highest BCUT2D eigenvalue weighted by molar-refractivity contribution is 6.00. The van der Waals surface area contributed by atoms with Gasteiger partial charge in [-0.25, -0.2) is 4.98 Å². The van der Waals surface area contributed by atoms with Gasteiger partial charge in [-0.05, 0) is 50.6 Å². The Labute approximate surface area is 174 Å². The second-order valence-electron chi connectivity index (χ2n) is 7.23. The van der Waals surface area contributed by atoms with Crippen LogP contribution in [0, 0.1) is 20.8 Å². The van der Waals surface area contributed by atoms with Gasteiger partial charge in [-0.1, -0.05) is 6.58 Å². The van der Waals surface area contributed by atoms with Crippen LogP contribution in [0.3, 0.4) is 0 Å². The fourth-order valence-corrected chi connectivity index (χ4v) is 3.31. The molecular weight excluding hydrogens is 378 g/mol. The molecule has 3 aromatic heterocycles. The van der Waals surface area contributed by atoms with Gasteiger partial charge in [-0.15, -0.1) is 0 Å². The minimum Gasteiger partial charge on any atom is -0.323 e. The van der Waals surface area contributed by atoms with Crippen molar-refractivity contribution in [3.8, 4) is 5.82 Å². The zero-order chi connectivity index (χ0) is 21.4. The molecule has 4 aromatic rings. The molecule has 3 heterocycles. The molecule has 152 valence electrons. The minimum atomic E-state index is -0.237. The number of carbonyl (C=O) groups is 1. The third-order valence-electron chi connectivity index (χ3n) is 4.98. The topological polar surface area (TPSA) is 89.7 Å². The van der Waals surface area contributed by atoms with Gasteiger partial charge in [0.05, 0.1) is 5.52 Å². The molecule has 2 N–H and O–H groups in total. The predicted molar refractivity (Wildman–Crippen MR) is 118 cm³/mol. The van der Waals surface area contributed by atoms with E-state index in [1.54, 1.807) is 10.9 Å². The van der Waals surface area contributed by atoms with Gasteiger partial charge in [0.2, 0.25) is 11.9 Å². The summed E-state index contributed by atoms with van der Waals surface area (Å²) in [7, 11) is 1.89. The summed E-state index contributed by atoms with van der Waals surface area (Å²) in [5.74, 6) is 1.71. The second kappa shape index (κ2) is 7.47. The number of aryl methyl sites for hydroxylation is 4. The van der Waals surface area contributed by atoms with Crippen molar-refractivity contribution in [3.05, 3.63) is 66.1 Å². The third-order valence-corrected chi connectivity index (χ3v) is 4.98. The van der Waals surface area contributed by atoms with Crippen molar-refractivity contribution in [2.24, 2.45) is 7.05 Å². The molecule has 8 heteroatoms. The summed E-state index contributed by atoms with van der Waals surface area (Å²) < 4.78 is 3.83. The molecule has 0 bridgehead atoms. The molecule has 0 aliphatic carbocycles. The van der Waals surface area contributed by atoms with Gasteiger partial charge < -0.3 is 15.2 Å². The lowest BCUT2D eigenvalue weighted by molar-refractivity contribution is -0.111. The quantitative estimate of drug-likeness (QED) is 0.494.